The molecule has 1 atom stereocenters. The van der Waals surface area contributed by atoms with Gasteiger partial charge in [-0.1, -0.05) is 24.9 Å². The number of hydrogen-bond acceptors (Lipinski definition) is 5. The molecule has 1 heterocycles. The van der Waals surface area contributed by atoms with Gasteiger partial charge in [0.1, 0.15) is 13.7 Å². The highest BCUT2D eigenvalue weighted by Gasteiger charge is 2.40. The highest BCUT2D eigenvalue weighted by molar-refractivity contribution is 7.54. The van der Waals surface area contributed by atoms with E-state index < -0.39 is 15.7 Å². The maximum Gasteiger partial charge on any atom is 0.339 e. The van der Waals surface area contributed by atoms with Gasteiger partial charge in [0, 0.05) is 6.54 Å². The molecule has 1 rings (SSSR count). The first kappa shape index (κ1) is 18.6. The van der Waals surface area contributed by atoms with Crippen molar-refractivity contribution in [1.82, 2.24) is 15.0 Å². The highest BCUT2D eigenvalue weighted by Crippen LogP contribution is 2.60. The van der Waals surface area contributed by atoms with Crippen molar-refractivity contribution in [3.05, 3.63) is 5.69 Å². The minimum Gasteiger partial charge on any atom is -0.308 e. The van der Waals surface area contributed by atoms with E-state index in [-0.39, 0.29) is 5.66 Å². The molecule has 6 nitrogen and oxygen atoms in total. The van der Waals surface area contributed by atoms with Crippen LogP contribution in [0.2, 0.25) is 19.6 Å². The van der Waals surface area contributed by atoms with E-state index in [1.165, 1.54) is 0 Å². The third-order valence-electron chi connectivity index (χ3n) is 3.27. The van der Waals surface area contributed by atoms with E-state index in [1.54, 1.807) is 0 Å². The monoisotopic (exact) mass is 333 g/mol. The Hall–Kier alpha value is -0.493. The first-order chi connectivity index (χ1) is 9.71. The summed E-state index contributed by atoms with van der Waals surface area (Å²) in [4.78, 5) is 0. The van der Waals surface area contributed by atoms with Gasteiger partial charge in [-0.05, 0) is 27.7 Å². The molecule has 0 aliphatic heterocycles. The van der Waals surface area contributed by atoms with Crippen LogP contribution in [0, 0.1) is 0 Å². The highest BCUT2D eigenvalue weighted by atomic mass is 31.2. The first-order valence-electron chi connectivity index (χ1n) is 7.53. The normalized spacial score (nSPS) is 14.4. The van der Waals surface area contributed by atoms with Crippen LogP contribution in [0.4, 0.5) is 0 Å². The van der Waals surface area contributed by atoms with Gasteiger partial charge in [-0.25, -0.2) is 4.68 Å². The van der Waals surface area contributed by atoms with Crippen LogP contribution >= 0.6 is 7.60 Å². The molecule has 0 radical (unpaired) electrons. The van der Waals surface area contributed by atoms with Crippen LogP contribution in [-0.4, -0.2) is 36.3 Å². The molecule has 0 fully saturated rings. The Balaban J connectivity index is 3.36. The van der Waals surface area contributed by atoms with Gasteiger partial charge < -0.3 is 9.05 Å². The topological polar surface area (TPSA) is 66.2 Å². The molecule has 21 heavy (non-hydrogen) atoms. The first-order valence-corrected chi connectivity index (χ1v) is 12.6. The Labute approximate surface area is 128 Å². The van der Waals surface area contributed by atoms with Crippen molar-refractivity contribution in [2.45, 2.75) is 59.5 Å². The van der Waals surface area contributed by atoms with E-state index >= 15 is 0 Å². The van der Waals surface area contributed by atoms with Gasteiger partial charge in [-0.3, -0.25) is 4.57 Å². The van der Waals surface area contributed by atoms with Crippen LogP contribution in [0.1, 0.15) is 39.0 Å². The minimum absolute atomic E-state index is 0.359. The van der Waals surface area contributed by atoms with E-state index in [9.17, 15) is 4.57 Å². The SMILES string of the molecule is CCOP(=O)(OCC)C(C)c1c([Si](C)(C)C)nnn1CC. The summed E-state index contributed by atoms with van der Waals surface area (Å²) >= 11 is 0. The van der Waals surface area contributed by atoms with Gasteiger partial charge in [0.25, 0.3) is 0 Å². The van der Waals surface area contributed by atoms with Gasteiger partial charge in [0.2, 0.25) is 0 Å². The molecule has 0 N–H and O–H groups in total. The largest absolute Gasteiger partial charge is 0.339 e. The zero-order valence-electron chi connectivity index (χ0n) is 14.2. The molecule has 0 amide bonds. The summed E-state index contributed by atoms with van der Waals surface area (Å²) in [6.07, 6.45) is 0. The molecule has 1 aromatic rings. The third kappa shape index (κ3) is 4.03. The fraction of sp³-hybridized carbons (Fsp3) is 0.846. The molecule has 0 aliphatic carbocycles. The van der Waals surface area contributed by atoms with Crippen molar-refractivity contribution in [3.8, 4) is 0 Å². The molecule has 0 aromatic carbocycles. The standard InChI is InChI=1S/C13H28N3O3PSi/c1-8-16-12(13(14-15-16)21(5,6)7)11(4)20(17,18-9-2)19-10-3/h11H,8-10H2,1-7H3. The van der Waals surface area contributed by atoms with Crippen LogP contribution in [0.3, 0.4) is 0 Å². The van der Waals surface area contributed by atoms with Crippen molar-refractivity contribution in [3.63, 3.8) is 0 Å². The predicted octanol–water partition coefficient (Wildman–Crippen LogP) is 3.17. The minimum atomic E-state index is -3.21. The van der Waals surface area contributed by atoms with E-state index in [0.29, 0.717) is 19.8 Å². The van der Waals surface area contributed by atoms with Crippen LogP contribution < -0.4 is 5.32 Å². The molecule has 1 aromatic heterocycles. The quantitative estimate of drug-likeness (QED) is 0.540. The number of nitrogens with zero attached hydrogens (tertiary/aromatic N) is 3. The average Bonchev–Trinajstić information content (AvgIpc) is 2.81. The van der Waals surface area contributed by atoms with Crippen LogP contribution in [0.25, 0.3) is 0 Å². The Kier molecular flexibility index (Phi) is 6.34. The van der Waals surface area contributed by atoms with E-state index in [2.05, 4.69) is 30.0 Å². The zero-order chi connectivity index (χ0) is 16.3. The second-order valence-electron chi connectivity index (χ2n) is 5.94. The molecule has 0 spiro atoms. The van der Waals surface area contributed by atoms with Gasteiger partial charge in [0.05, 0.1) is 24.2 Å². The predicted molar refractivity (Wildman–Crippen MR) is 87.9 cm³/mol. The zero-order valence-corrected chi connectivity index (χ0v) is 16.1. The lowest BCUT2D eigenvalue weighted by Crippen LogP contribution is -2.42. The van der Waals surface area contributed by atoms with Crippen molar-refractivity contribution in [2.75, 3.05) is 13.2 Å². The second-order valence-corrected chi connectivity index (χ2v) is 13.3. The summed E-state index contributed by atoms with van der Waals surface area (Å²) in [5.41, 5.74) is 0.538. The van der Waals surface area contributed by atoms with E-state index in [1.807, 2.05) is 32.4 Å². The number of rotatable bonds is 8. The lowest BCUT2D eigenvalue weighted by molar-refractivity contribution is 0.212. The van der Waals surface area contributed by atoms with Crippen LogP contribution in [0.15, 0.2) is 0 Å². The molecule has 1 unspecified atom stereocenters. The summed E-state index contributed by atoms with van der Waals surface area (Å²) in [6, 6.07) is 0. The van der Waals surface area contributed by atoms with Crippen molar-refractivity contribution in [1.29, 1.82) is 0 Å². The fourth-order valence-corrected chi connectivity index (χ4v) is 5.65. The van der Waals surface area contributed by atoms with Crippen molar-refractivity contribution < 1.29 is 13.6 Å². The summed E-state index contributed by atoms with van der Waals surface area (Å²) < 4.78 is 25.9. The molecule has 0 saturated heterocycles. The lowest BCUT2D eigenvalue weighted by Gasteiger charge is -2.26. The molecule has 0 bridgehead atoms. The second kappa shape index (κ2) is 7.18. The van der Waals surface area contributed by atoms with Gasteiger partial charge >= 0.3 is 7.60 Å². The summed E-state index contributed by atoms with van der Waals surface area (Å²) in [6.45, 7) is 15.6. The molecular formula is C13H28N3O3PSi. The van der Waals surface area contributed by atoms with Gasteiger partial charge in [0.15, 0.2) is 0 Å². The van der Waals surface area contributed by atoms with Gasteiger partial charge in [-0.2, -0.15) is 0 Å². The lowest BCUT2D eigenvalue weighted by atomic mass is 10.3. The van der Waals surface area contributed by atoms with Crippen LogP contribution in [0.5, 0.6) is 0 Å². The number of hydrogen-bond donors (Lipinski definition) is 0. The van der Waals surface area contributed by atoms with E-state index in [0.717, 1.165) is 11.0 Å². The number of aromatic nitrogens is 3. The Morgan fingerprint density at radius 2 is 1.71 bits per heavy atom. The molecule has 0 saturated carbocycles. The molecule has 0 aliphatic rings. The maximum atomic E-state index is 13.1. The maximum absolute atomic E-state index is 13.1. The van der Waals surface area contributed by atoms with Crippen LogP contribution in [-0.2, 0) is 20.2 Å². The van der Waals surface area contributed by atoms with Gasteiger partial charge in [-0.15, -0.1) is 5.10 Å². The van der Waals surface area contributed by atoms with E-state index in [4.69, 9.17) is 9.05 Å². The van der Waals surface area contributed by atoms with Crippen molar-refractivity contribution in [2.24, 2.45) is 0 Å². The number of aryl methyl sites for hydroxylation is 1. The average molecular weight is 333 g/mol. The Morgan fingerprint density at radius 3 is 2.10 bits per heavy atom. The third-order valence-corrected chi connectivity index (χ3v) is 7.48. The summed E-state index contributed by atoms with van der Waals surface area (Å²) in [7, 11) is -4.90. The fourth-order valence-electron chi connectivity index (χ4n) is 2.27. The Bertz CT molecular complexity index is 503. The molecule has 122 valence electrons. The molecular weight excluding hydrogens is 305 g/mol. The van der Waals surface area contributed by atoms with Crippen molar-refractivity contribution >= 4 is 21.0 Å². The Morgan fingerprint density at radius 1 is 1.19 bits per heavy atom. The molecule has 8 heteroatoms. The smallest absolute Gasteiger partial charge is 0.308 e. The summed E-state index contributed by atoms with van der Waals surface area (Å²) in [5, 5.41) is 9.56. The summed E-state index contributed by atoms with van der Waals surface area (Å²) in [5.74, 6) is 0.